The van der Waals surface area contributed by atoms with E-state index in [1.54, 1.807) is 17.8 Å². The van der Waals surface area contributed by atoms with Crippen molar-refractivity contribution in [2.24, 2.45) is 10.4 Å². The lowest BCUT2D eigenvalue weighted by atomic mass is 9.89. The number of ether oxygens (including phenoxy) is 4. The molecular formula is C29H34N4O7S2. The molecule has 13 heteroatoms. The van der Waals surface area contributed by atoms with Crippen LogP contribution >= 0.6 is 11.8 Å². The monoisotopic (exact) mass is 614 g/mol. The molecule has 0 bridgehead atoms. The molecule has 11 nitrogen and oxygen atoms in total. The Morgan fingerprint density at radius 1 is 1.17 bits per heavy atom. The maximum Gasteiger partial charge on any atom is 0.221 e. The Labute approximate surface area is 248 Å². The minimum atomic E-state index is -3.41. The summed E-state index contributed by atoms with van der Waals surface area (Å²) in [7, 11) is -3.41. The van der Waals surface area contributed by atoms with Crippen molar-refractivity contribution in [1.29, 1.82) is 0 Å². The number of benzene rings is 1. The molecule has 3 aliphatic rings. The fraction of sp³-hybridized carbons (Fsp3) is 0.483. The van der Waals surface area contributed by atoms with Crippen molar-refractivity contribution in [2.45, 2.75) is 42.6 Å². The van der Waals surface area contributed by atoms with Crippen LogP contribution < -0.4 is 14.8 Å². The zero-order valence-corrected chi connectivity index (χ0v) is 25.2. The number of carbonyl (C=O) groups is 1. The van der Waals surface area contributed by atoms with Crippen LogP contribution in [-0.2, 0) is 24.1 Å². The van der Waals surface area contributed by atoms with E-state index in [0.29, 0.717) is 63.2 Å². The van der Waals surface area contributed by atoms with Gasteiger partial charge in [0.1, 0.15) is 28.4 Å². The van der Waals surface area contributed by atoms with Gasteiger partial charge < -0.3 is 29.2 Å². The molecule has 3 aromatic rings. The summed E-state index contributed by atoms with van der Waals surface area (Å²) in [5.41, 5.74) is 1.72. The molecule has 2 fully saturated rings. The van der Waals surface area contributed by atoms with Gasteiger partial charge in [-0.1, -0.05) is 18.7 Å². The molecule has 0 radical (unpaired) electrons. The second-order valence-electron chi connectivity index (χ2n) is 11.4. The maximum absolute atomic E-state index is 12.6. The highest BCUT2D eigenvalue weighted by Gasteiger charge is 2.34. The van der Waals surface area contributed by atoms with Crippen LogP contribution in [-0.4, -0.2) is 86.5 Å². The molecule has 224 valence electrons. The molecule has 6 rings (SSSR count). The molecule has 5 heterocycles. The third-order valence-corrected chi connectivity index (χ3v) is 9.65. The van der Waals surface area contributed by atoms with Gasteiger partial charge in [0.15, 0.2) is 14.9 Å². The van der Waals surface area contributed by atoms with Gasteiger partial charge in [0.05, 0.1) is 50.4 Å². The molecule has 1 atom stereocenters. The third-order valence-electron chi connectivity index (χ3n) is 7.43. The number of carbonyl (C=O) groups excluding carboxylic acids is 1. The molecule has 0 aliphatic carbocycles. The Bertz CT molecular complexity index is 1590. The summed E-state index contributed by atoms with van der Waals surface area (Å²) in [6.07, 6.45) is 4.49. The molecule has 1 amide bonds. The number of hydrogen-bond acceptors (Lipinski definition) is 10. The van der Waals surface area contributed by atoms with E-state index in [-0.39, 0.29) is 27.7 Å². The van der Waals surface area contributed by atoms with Gasteiger partial charge in [0.25, 0.3) is 0 Å². The number of H-pyrrole nitrogens is 1. The average molecular weight is 615 g/mol. The van der Waals surface area contributed by atoms with Gasteiger partial charge in [-0.3, -0.25) is 9.79 Å². The molecule has 42 heavy (non-hydrogen) atoms. The summed E-state index contributed by atoms with van der Waals surface area (Å²) in [4.78, 5) is 24.8. The van der Waals surface area contributed by atoms with Crippen LogP contribution in [0.3, 0.4) is 0 Å². The zero-order chi connectivity index (χ0) is 29.3. The fourth-order valence-corrected chi connectivity index (χ4v) is 6.67. The van der Waals surface area contributed by atoms with Gasteiger partial charge in [-0.25, -0.2) is 13.4 Å². The van der Waals surface area contributed by atoms with Crippen LogP contribution in [0.25, 0.3) is 10.9 Å². The predicted molar refractivity (Wildman–Crippen MR) is 160 cm³/mol. The van der Waals surface area contributed by atoms with Gasteiger partial charge in [0, 0.05) is 54.2 Å². The van der Waals surface area contributed by atoms with Crippen molar-refractivity contribution in [3.63, 3.8) is 0 Å². The Balaban J connectivity index is 1.19. The smallest absolute Gasteiger partial charge is 0.221 e. The van der Waals surface area contributed by atoms with Crippen LogP contribution in [0.15, 0.2) is 46.5 Å². The Kier molecular flexibility index (Phi) is 8.18. The van der Waals surface area contributed by atoms with Crippen molar-refractivity contribution in [3.8, 4) is 17.2 Å². The van der Waals surface area contributed by atoms with E-state index in [2.05, 4.69) is 22.2 Å². The van der Waals surface area contributed by atoms with Crippen molar-refractivity contribution in [1.82, 2.24) is 15.3 Å². The summed E-state index contributed by atoms with van der Waals surface area (Å²) in [5.74, 6) is 1.62. The Morgan fingerprint density at radius 3 is 2.67 bits per heavy atom. The first-order valence-electron chi connectivity index (χ1n) is 13.9. The lowest BCUT2D eigenvalue weighted by Crippen LogP contribution is -2.48. The number of nitrogens with zero attached hydrogens (tertiary/aromatic N) is 2. The molecule has 0 spiro atoms. The van der Waals surface area contributed by atoms with Crippen molar-refractivity contribution in [3.05, 3.63) is 42.2 Å². The summed E-state index contributed by atoms with van der Waals surface area (Å²) in [5, 5.41) is 4.83. The first-order chi connectivity index (χ1) is 20.1. The van der Waals surface area contributed by atoms with Crippen LogP contribution in [0.1, 0.15) is 31.9 Å². The number of aromatic amines is 1. The average Bonchev–Trinajstić information content (AvgIpc) is 3.58. The van der Waals surface area contributed by atoms with Gasteiger partial charge in [-0.05, 0) is 24.3 Å². The maximum atomic E-state index is 12.6. The van der Waals surface area contributed by atoms with Gasteiger partial charge >= 0.3 is 0 Å². The van der Waals surface area contributed by atoms with E-state index in [4.69, 9.17) is 23.9 Å². The number of pyridine rings is 1. The second kappa shape index (κ2) is 11.9. The van der Waals surface area contributed by atoms with E-state index in [9.17, 15) is 13.2 Å². The predicted octanol–water partition coefficient (Wildman–Crippen LogP) is 3.72. The van der Waals surface area contributed by atoms with Gasteiger partial charge in [-0.15, -0.1) is 0 Å². The number of rotatable bonds is 10. The normalized spacial score (nSPS) is 20.6. The van der Waals surface area contributed by atoms with Crippen molar-refractivity contribution >= 4 is 43.5 Å². The molecule has 3 aliphatic heterocycles. The number of thioether (sulfide) groups is 1. The minimum Gasteiger partial charge on any atom is -0.488 e. The molecule has 1 unspecified atom stereocenters. The number of amides is 1. The Morgan fingerprint density at radius 2 is 1.98 bits per heavy atom. The number of nitrogens with one attached hydrogen (secondary N) is 2. The summed E-state index contributed by atoms with van der Waals surface area (Å²) in [6.45, 7) is 5.95. The summed E-state index contributed by atoms with van der Waals surface area (Å²) >= 11 is 1.60. The van der Waals surface area contributed by atoms with E-state index in [1.807, 2.05) is 18.2 Å². The second-order valence-corrected chi connectivity index (χ2v) is 14.6. The highest BCUT2D eigenvalue weighted by molar-refractivity contribution is 8.15. The number of fused-ring (bicyclic) bond motifs is 1. The van der Waals surface area contributed by atoms with E-state index in [0.717, 1.165) is 40.7 Å². The zero-order valence-electron chi connectivity index (χ0n) is 23.6. The van der Waals surface area contributed by atoms with Crippen LogP contribution in [0.5, 0.6) is 17.2 Å². The molecule has 1 aromatic carbocycles. The SMILES string of the molecule is CC1(CNC(=O)CC2CN=C(c3cc4cc(Oc5ccc(S(C)(=O)=O)nc5)cc(OC5CCOCC5)c4[nH]3)S2)COC1. The first-order valence-corrected chi connectivity index (χ1v) is 16.7. The number of aromatic nitrogens is 2. The van der Waals surface area contributed by atoms with E-state index in [1.165, 1.54) is 12.3 Å². The summed E-state index contributed by atoms with van der Waals surface area (Å²) < 4.78 is 46.8. The van der Waals surface area contributed by atoms with Crippen LogP contribution in [0, 0.1) is 5.41 Å². The Hall–Kier alpha value is -3.13. The molecule has 2 saturated heterocycles. The standard InChI is InChI=1S/C29H34N4O7S2/c1-29(16-38-17-29)15-32-25(34)12-22-14-31-28(41-22)23-10-18-9-21(39-20-3-4-26(30-13-20)42(2,35)36)11-24(27(18)33-23)40-19-5-7-37-8-6-19/h3-4,9-11,13,19,22,33H,5-8,12,14-17H2,1-2H3,(H,32,34). The fourth-order valence-electron chi connectivity index (χ4n) is 5.02. The number of sulfone groups is 1. The number of aliphatic imine (C=N–C) groups is 1. The van der Waals surface area contributed by atoms with Gasteiger partial charge in [-0.2, -0.15) is 0 Å². The highest BCUT2D eigenvalue weighted by Crippen LogP contribution is 2.37. The van der Waals surface area contributed by atoms with Gasteiger partial charge in [0.2, 0.25) is 5.91 Å². The number of hydrogen-bond donors (Lipinski definition) is 2. The first kappa shape index (κ1) is 29.0. The lowest BCUT2D eigenvalue weighted by Gasteiger charge is -2.38. The lowest BCUT2D eigenvalue weighted by molar-refractivity contribution is -0.126. The quantitative estimate of drug-likeness (QED) is 0.350. The highest BCUT2D eigenvalue weighted by atomic mass is 32.2. The molecule has 2 aromatic heterocycles. The largest absolute Gasteiger partial charge is 0.488 e. The van der Waals surface area contributed by atoms with Crippen LogP contribution in [0.4, 0.5) is 0 Å². The molecular weight excluding hydrogens is 580 g/mol. The molecule has 0 saturated carbocycles. The summed E-state index contributed by atoms with van der Waals surface area (Å²) in [6, 6.07) is 8.73. The van der Waals surface area contributed by atoms with Crippen molar-refractivity contribution < 1.29 is 32.2 Å². The molecule has 2 N–H and O–H groups in total. The third kappa shape index (κ3) is 6.74. The van der Waals surface area contributed by atoms with Crippen molar-refractivity contribution in [2.75, 3.05) is 45.8 Å². The minimum absolute atomic E-state index is 0.00880. The van der Waals surface area contributed by atoms with E-state index < -0.39 is 9.84 Å². The van der Waals surface area contributed by atoms with E-state index >= 15 is 0 Å². The topological polar surface area (TPSA) is 141 Å². The van der Waals surface area contributed by atoms with Crippen LogP contribution in [0.2, 0.25) is 0 Å².